The highest BCUT2D eigenvalue weighted by atomic mass is 32.1. The van der Waals surface area contributed by atoms with E-state index in [1.807, 2.05) is 12.3 Å². The number of nitrogens with one attached hydrogen (secondary N) is 2. The summed E-state index contributed by atoms with van der Waals surface area (Å²) in [4.78, 5) is 26.0. The van der Waals surface area contributed by atoms with Gasteiger partial charge in [0.05, 0.1) is 10.7 Å². The van der Waals surface area contributed by atoms with Gasteiger partial charge in [-0.15, -0.1) is 11.3 Å². The highest BCUT2D eigenvalue weighted by Crippen LogP contribution is 2.07. The van der Waals surface area contributed by atoms with Crippen LogP contribution in [0.25, 0.3) is 0 Å². The van der Waals surface area contributed by atoms with E-state index >= 15 is 0 Å². The van der Waals surface area contributed by atoms with E-state index in [0.717, 1.165) is 10.7 Å². The molecule has 1 rings (SSSR count). The Bertz CT molecular complexity index is 405. The third kappa shape index (κ3) is 4.81. The van der Waals surface area contributed by atoms with Crippen molar-refractivity contribution in [3.63, 3.8) is 0 Å². The molecule has 0 spiro atoms. The Morgan fingerprint density at radius 1 is 1.59 bits per heavy atom. The summed E-state index contributed by atoms with van der Waals surface area (Å²) >= 11 is 1.56. The standard InChI is InChI=1S/C10H15N3O3S/c1-6(9(14)15)12-10(16)11-4-3-8-5-17-7(2)13-8/h5-6H,3-4H2,1-2H3,(H,14,15)(H2,11,12,16). The van der Waals surface area contributed by atoms with Crippen molar-refractivity contribution in [3.8, 4) is 0 Å². The van der Waals surface area contributed by atoms with E-state index in [1.54, 1.807) is 11.3 Å². The first-order valence-electron chi connectivity index (χ1n) is 5.17. The van der Waals surface area contributed by atoms with Crippen LogP contribution >= 0.6 is 11.3 Å². The van der Waals surface area contributed by atoms with E-state index in [1.165, 1.54) is 6.92 Å². The minimum Gasteiger partial charge on any atom is -0.480 e. The molecule has 1 heterocycles. The van der Waals surface area contributed by atoms with Crippen LogP contribution in [-0.2, 0) is 11.2 Å². The van der Waals surface area contributed by atoms with E-state index in [-0.39, 0.29) is 0 Å². The monoisotopic (exact) mass is 257 g/mol. The van der Waals surface area contributed by atoms with E-state index in [2.05, 4.69) is 15.6 Å². The zero-order valence-electron chi connectivity index (χ0n) is 9.69. The van der Waals surface area contributed by atoms with Gasteiger partial charge in [-0.05, 0) is 13.8 Å². The molecule has 3 N–H and O–H groups in total. The minimum absolute atomic E-state index is 0.432. The fraction of sp³-hybridized carbons (Fsp3) is 0.500. The summed E-state index contributed by atoms with van der Waals surface area (Å²) in [6.45, 7) is 3.76. The lowest BCUT2D eigenvalue weighted by atomic mass is 10.3. The van der Waals surface area contributed by atoms with Gasteiger partial charge in [-0.1, -0.05) is 0 Å². The number of urea groups is 1. The third-order valence-corrected chi connectivity index (χ3v) is 2.87. The lowest BCUT2D eigenvalue weighted by Gasteiger charge is -2.09. The van der Waals surface area contributed by atoms with E-state index in [9.17, 15) is 9.59 Å². The van der Waals surface area contributed by atoms with Gasteiger partial charge in [0.15, 0.2) is 0 Å². The highest BCUT2D eigenvalue weighted by Gasteiger charge is 2.13. The number of aliphatic carboxylic acids is 1. The molecule has 94 valence electrons. The number of rotatable bonds is 5. The van der Waals surface area contributed by atoms with Crippen molar-refractivity contribution >= 4 is 23.3 Å². The molecule has 0 aliphatic rings. The van der Waals surface area contributed by atoms with Crippen molar-refractivity contribution in [1.82, 2.24) is 15.6 Å². The predicted octanol–water partition coefficient (Wildman–Crippen LogP) is 0.766. The number of aromatic nitrogens is 1. The van der Waals surface area contributed by atoms with Gasteiger partial charge >= 0.3 is 12.0 Å². The number of carbonyl (C=O) groups is 2. The lowest BCUT2D eigenvalue weighted by molar-refractivity contribution is -0.138. The molecule has 1 aromatic heterocycles. The molecule has 0 aliphatic carbocycles. The van der Waals surface area contributed by atoms with Gasteiger partial charge in [0, 0.05) is 18.3 Å². The van der Waals surface area contributed by atoms with Crippen LogP contribution in [0.15, 0.2) is 5.38 Å². The van der Waals surface area contributed by atoms with Crippen LogP contribution in [-0.4, -0.2) is 34.7 Å². The number of aryl methyl sites for hydroxylation is 1. The molecule has 17 heavy (non-hydrogen) atoms. The number of hydrogen-bond donors (Lipinski definition) is 3. The number of carbonyl (C=O) groups excluding carboxylic acids is 1. The van der Waals surface area contributed by atoms with Crippen LogP contribution in [0.1, 0.15) is 17.6 Å². The predicted molar refractivity (Wildman–Crippen MR) is 64.2 cm³/mol. The number of nitrogens with zero attached hydrogens (tertiary/aromatic N) is 1. The van der Waals surface area contributed by atoms with Gasteiger partial charge in [-0.2, -0.15) is 0 Å². The maximum atomic E-state index is 11.2. The Hall–Kier alpha value is -1.63. The summed E-state index contributed by atoms with van der Waals surface area (Å²) in [6.07, 6.45) is 0.638. The average Bonchev–Trinajstić information content (AvgIpc) is 2.64. The fourth-order valence-electron chi connectivity index (χ4n) is 1.14. The maximum absolute atomic E-state index is 11.2. The van der Waals surface area contributed by atoms with E-state index < -0.39 is 18.0 Å². The molecule has 0 bridgehead atoms. The number of amides is 2. The van der Waals surface area contributed by atoms with Crippen LogP contribution in [0.3, 0.4) is 0 Å². The van der Waals surface area contributed by atoms with Crippen molar-refractivity contribution in [2.24, 2.45) is 0 Å². The summed E-state index contributed by atoms with van der Waals surface area (Å²) in [5.41, 5.74) is 0.930. The Balaban J connectivity index is 2.22. The number of carboxylic acid groups (broad SMARTS) is 1. The minimum atomic E-state index is -1.06. The summed E-state index contributed by atoms with van der Waals surface area (Å²) < 4.78 is 0. The van der Waals surface area contributed by atoms with Gasteiger partial charge in [0.2, 0.25) is 0 Å². The second-order valence-corrected chi connectivity index (χ2v) is 4.63. The zero-order valence-corrected chi connectivity index (χ0v) is 10.5. The fourth-order valence-corrected chi connectivity index (χ4v) is 1.78. The van der Waals surface area contributed by atoms with Crippen LogP contribution in [0.5, 0.6) is 0 Å². The van der Waals surface area contributed by atoms with Gasteiger partial charge in [0.1, 0.15) is 6.04 Å². The molecule has 0 radical (unpaired) electrons. The summed E-state index contributed by atoms with van der Waals surface area (Å²) in [5.74, 6) is -1.06. The SMILES string of the molecule is Cc1nc(CCNC(=O)NC(C)C(=O)O)cs1. The summed E-state index contributed by atoms with van der Waals surface area (Å²) in [5, 5.41) is 16.4. The molecule has 7 heteroatoms. The number of hydrogen-bond acceptors (Lipinski definition) is 4. The van der Waals surface area contributed by atoms with Gasteiger partial charge in [-0.3, -0.25) is 4.79 Å². The first kappa shape index (κ1) is 13.4. The molecule has 1 aromatic rings. The van der Waals surface area contributed by atoms with Crippen molar-refractivity contribution in [2.45, 2.75) is 26.3 Å². The normalized spacial score (nSPS) is 11.9. The van der Waals surface area contributed by atoms with E-state index in [0.29, 0.717) is 13.0 Å². The maximum Gasteiger partial charge on any atom is 0.325 e. The van der Waals surface area contributed by atoms with Gasteiger partial charge < -0.3 is 15.7 Å². The van der Waals surface area contributed by atoms with Crippen LogP contribution in [0.4, 0.5) is 4.79 Å². The molecule has 2 amide bonds. The highest BCUT2D eigenvalue weighted by molar-refractivity contribution is 7.09. The van der Waals surface area contributed by atoms with Gasteiger partial charge in [0.25, 0.3) is 0 Å². The van der Waals surface area contributed by atoms with Gasteiger partial charge in [-0.25, -0.2) is 9.78 Å². The first-order chi connectivity index (χ1) is 7.99. The third-order valence-electron chi connectivity index (χ3n) is 2.05. The molecule has 1 atom stereocenters. The van der Waals surface area contributed by atoms with Crippen LogP contribution in [0, 0.1) is 6.92 Å². The molecule has 0 fully saturated rings. The van der Waals surface area contributed by atoms with Crippen molar-refractivity contribution < 1.29 is 14.7 Å². The van der Waals surface area contributed by atoms with Crippen LogP contribution < -0.4 is 10.6 Å². The van der Waals surface area contributed by atoms with Crippen molar-refractivity contribution in [3.05, 3.63) is 16.1 Å². The summed E-state index contributed by atoms with van der Waals surface area (Å²) in [7, 11) is 0. The van der Waals surface area contributed by atoms with Crippen molar-refractivity contribution in [2.75, 3.05) is 6.54 Å². The first-order valence-corrected chi connectivity index (χ1v) is 6.05. The molecule has 0 saturated carbocycles. The summed E-state index contributed by atoms with van der Waals surface area (Å²) in [6, 6.07) is -1.37. The topological polar surface area (TPSA) is 91.3 Å². The lowest BCUT2D eigenvalue weighted by Crippen LogP contribution is -2.44. The smallest absolute Gasteiger partial charge is 0.325 e. The molecular formula is C10H15N3O3S. The molecule has 0 aliphatic heterocycles. The Morgan fingerprint density at radius 2 is 2.29 bits per heavy atom. The van der Waals surface area contributed by atoms with Crippen molar-refractivity contribution in [1.29, 1.82) is 0 Å². The van der Waals surface area contributed by atoms with Crippen LogP contribution in [0.2, 0.25) is 0 Å². The Labute approximate surface area is 103 Å². The number of thiazole rings is 1. The van der Waals surface area contributed by atoms with E-state index in [4.69, 9.17) is 5.11 Å². The molecular weight excluding hydrogens is 242 g/mol. The quantitative estimate of drug-likeness (QED) is 0.726. The Kier molecular flexibility index (Phi) is 4.89. The second-order valence-electron chi connectivity index (χ2n) is 3.57. The second kappa shape index (κ2) is 6.19. The Morgan fingerprint density at radius 3 is 2.82 bits per heavy atom. The molecule has 6 nitrogen and oxygen atoms in total. The molecule has 0 aromatic carbocycles. The largest absolute Gasteiger partial charge is 0.480 e. The molecule has 1 unspecified atom stereocenters. The molecule has 0 saturated heterocycles. The average molecular weight is 257 g/mol. The zero-order chi connectivity index (χ0) is 12.8. The number of carboxylic acids is 1.